The van der Waals surface area contributed by atoms with Gasteiger partial charge in [-0.25, -0.2) is 10.4 Å². The molecule has 6 saturated heterocycles. The number of hydrogen-bond acceptors (Lipinski definition) is 16. The number of likely N-dealkylation sites (tertiary alicyclic amines) is 1. The number of carbonyl (C=O) groups is 3. The fourth-order valence-corrected chi connectivity index (χ4v) is 15.0. The second kappa shape index (κ2) is 21.3. The van der Waals surface area contributed by atoms with Gasteiger partial charge in [0.2, 0.25) is 11.8 Å². The summed E-state index contributed by atoms with van der Waals surface area (Å²) in [5, 5.41) is 5.95. The van der Waals surface area contributed by atoms with E-state index >= 15 is 4.79 Å². The SMILES string of the molecule is CO[C@@H](C)c1ncc(N2CCN(C3CC3)CC2)cc1-c1c2c3cc(ccc3n1CCO[C@H]1CCOC(C)(C)C1)-c1coc(n1)[C@@H](N1CC3(COC3)C1)[C@H](NC(=O)[C@@H]1[C@@H](C)[C@H]1c1ccccn1)C(=O)N1N[C@H](C(=O)OCC(C)(C)C2)C2CC1C2. The van der Waals surface area contributed by atoms with Crippen LogP contribution >= 0.6 is 0 Å². The van der Waals surface area contributed by atoms with Gasteiger partial charge >= 0.3 is 5.97 Å². The molecule has 15 rings (SSSR count). The fourth-order valence-electron chi connectivity index (χ4n) is 15.0. The third kappa shape index (κ3) is 10.4. The molecule has 0 radical (unpaired) electrons. The standard InChI is InChI=1S/C64H82N10O9/c1-37-51(48-10-8-9-16-65-48)52(37)58(75)68-55-57(72-32-64(33-72)35-79-36-64)59-67-49(31-81-59)39-11-14-50-45(26-39)47(29-62(3,4)34-82-61(77)54-40-24-42(25-40)74(69-54)60(55)76)56(73(50)21-23-80-44-15-22-83-63(5,6)28-44)46-27-43(30-66-53(46)38(2)78-7)71-19-17-70(18-20-71)41-12-13-41/h8-11,14,16,26-27,30-31,37-38,40-42,44,51-52,54-55,57,69H,12-13,15,17-25,28-29,32-36H2,1-7H3,(H,68,75)/t37-,38-,40?,42?,44-,51-,52+,54-,55-,57-/m0/s1. The van der Waals surface area contributed by atoms with Gasteiger partial charge < -0.3 is 42.9 Å². The number of oxazole rings is 1. The number of esters is 1. The van der Waals surface area contributed by atoms with Gasteiger partial charge in [0.05, 0.1) is 67.5 Å². The van der Waals surface area contributed by atoms with Crippen molar-refractivity contribution in [3.05, 3.63) is 84.0 Å². The molecule has 83 heavy (non-hydrogen) atoms. The summed E-state index contributed by atoms with van der Waals surface area (Å²) in [4.78, 5) is 67.9. The molecular formula is C64H82N10O9. The van der Waals surface area contributed by atoms with Crippen molar-refractivity contribution >= 4 is 34.4 Å². The number of aromatic nitrogens is 4. The Morgan fingerprint density at radius 3 is 2.48 bits per heavy atom. The van der Waals surface area contributed by atoms with Crippen LogP contribution in [0.2, 0.25) is 0 Å². The van der Waals surface area contributed by atoms with Gasteiger partial charge in [0.1, 0.15) is 30.1 Å². The Morgan fingerprint density at radius 2 is 1.76 bits per heavy atom. The molecular weight excluding hydrogens is 1050 g/mol. The first-order valence-corrected chi connectivity index (χ1v) is 30.7. The van der Waals surface area contributed by atoms with Crippen LogP contribution in [-0.2, 0) is 51.0 Å². The van der Waals surface area contributed by atoms with E-state index in [4.69, 9.17) is 38.1 Å². The molecule has 11 heterocycles. The molecule has 1 aromatic carbocycles. The zero-order chi connectivity index (χ0) is 57.1. The summed E-state index contributed by atoms with van der Waals surface area (Å²) in [5.74, 6) is -1.13. The largest absolute Gasteiger partial charge is 0.464 e. The summed E-state index contributed by atoms with van der Waals surface area (Å²) < 4.78 is 40.4. The lowest BCUT2D eigenvalue weighted by Crippen LogP contribution is -2.73. The minimum atomic E-state index is -1.13. The maximum absolute atomic E-state index is 15.7. The minimum absolute atomic E-state index is 0.0133. The molecule has 1 spiro atoms. The van der Waals surface area contributed by atoms with Crippen molar-refractivity contribution in [2.24, 2.45) is 28.6 Å². The molecule has 442 valence electrons. The molecule has 9 fully saturated rings. The van der Waals surface area contributed by atoms with Crippen LogP contribution in [0.4, 0.5) is 5.69 Å². The number of piperazine rings is 1. The molecule has 3 aliphatic carbocycles. The van der Waals surface area contributed by atoms with Crippen molar-refractivity contribution in [1.82, 2.24) is 45.1 Å². The number of anilines is 1. The maximum Gasteiger partial charge on any atom is 0.325 e. The smallest absolute Gasteiger partial charge is 0.325 e. The van der Waals surface area contributed by atoms with E-state index in [0.717, 1.165) is 89.4 Å². The average molecular weight is 1140 g/mol. The average Bonchev–Trinajstić information content (AvgIpc) is 4.50. The Kier molecular flexibility index (Phi) is 14.1. The molecule has 3 saturated carbocycles. The van der Waals surface area contributed by atoms with Gasteiger partial charge in [-0.15, -0.1) is 0 Å². The second-order valence-electron chi connectivity index (χ2n) is 27.3. The number of pyridine rings is 2. The molecule has 2 amide bonds. The lowest BCUT2D eigenvalue weighted by atomic mass is 9.72. The van der Waals surface area contributed by atoms with Crippen molar-refractivity contribution < 1.29 is 42.5 Å². The number of nitrogens with zero attached hydrogens (tertiary/aromatic N) is 8. The molecule has 10 aliphatic rings. The fraction of sp³-hybridized carbons (Fsp3) is 0.625. The number of hydrazine groups is 1. The van der Waals surface area contributed by atoms with E-state index in [0.29, 0.717) is 83.0 Å². The van der Waals surface area contributed by atoms with Crippen LogP contribution in [0, 0.1) is 28.6 Å². The zero-order valence-corrected chi connectivity index (χ0v) is 49.3. The predicted molar refractivity (Wildman–Crippen MR) is 310 cm³/mol. The number of fused-ring (bicyclic) bond motifs is 4. The van der Waals surface area contributed by atoms with Crippen LogP contribution in [0.1, 0.15) is 121 Å². The molecule has 0 unspecified atom stereocenters. The summed E-state index contributed by atoms with van der Waals surface area (Å²) in [6, 6.07) is 12.5. The van der Waals surface area contributed by atoms with Crippen LogP contribution < -0.4 is 15.6 Å². The van der Waals surface area contributed by atoms with E-state index in [-0.39, 0.29) is 65.4 Å². The lowest BCUT2D eigenvalue weighted by molar-refractivity contribution is -0.205. The molecule has 2 N–H and O–H groups in total. The summed E-state index contributed by atoms with van der Waals surface area (Å²) >= 11 is 0. The van der Waals surface area contributed by atoms with Gasteiger partial charge in [0.25, 0.3) is 5.91 Å². The Morgan fingerprint density at radius 1 is 0.952 bits per heavy atom. The third-order valence-electron chi connectivity index (χ3n) is 20.1. The number of methoxy groups -OCH3 is 1. The normalized spacial score (nSPS) is 30.7. The highest BCUT2D eigenvalue weighted by atomic mass is 16.5. The number of amides is 2. The molecule has 7 aliphatic heterocycles. The number of carbonyl (C=O) groups excluding carboxylic acids is 3. The first kappa shape index (κ1) is 55.1. The number of rotatable bonds is 13. The molecule has 5 aromatic rings. The van der Waals surface area contributed by atoms with E-state index in [1.165, 1.54) is 12.8 Å². The Hall–Kier alpha value is -5.80. The van der Waals surface area contributed by atoms with Crippen LogP contribution in [0.15, 0.2) is 65.5 Å². The van der Waals surface area contributed by atoms with Gasteiger partial charge in [0, 0.05) is 135 Å². The second-order valence-corrected chi connectivity index (χ2v) is 27.3. The third-order valence-corrected chi connectivity index (χ3v) is 20.1. The predicted octanol–water partition coefficient (Wildman–Crippen LogP) is 7.25. The van der Waals surface area contributed by atoms with Crippen LogP contribution in [-0.4, -0.2) is 167 Å². The first-order valence-electron chi connectivity index (χ1n) is 30.7. The Balaban J connectivity index is 0.902. The summed E-state index contributed by atoms with van der Waals surface area (Å²) in [5.41, 5.74) is 10.8. The van der Waals surface area contributed by atoms with Gasteiger partial charge in [-0.1, -0.05) is 32.9 Å². The number of cyclic esters (lactones) is 1. The molecule has 19 nitrogen and oxygen atoms in total. The molecule has 8 bridgehead atoms. The number of ether oxygens (including phenoxy) is 5. The summed E-state index contributed by atoms with van der Waals surface area (Å²) in [6.07, 6.45) is 11.2. The van der Waals surface area contributed by atoms with E-state index in [9.17, 15) is 9.59 Å². The first-order chi connectivity index (χ1) is 40.0. The highest BCUT2D eigenvalue weighted by Gasteiger charge is 2.59. The molecule has 19 heteroatoms. The highest BCUT2D eigenvalue weighted by molar-refractivity contribution is 5.96. The Bertz CT molecular complexity index is 3260. The van der Waals surface area contributed by atoms with Crippen LogP contribution in [0.25, 0.3) is 33.4 Å². The van der Waals surface area contributed by atoms with Crippen molar-refractivity contribution in [1.29, 1.82) is 0 Å². The maximum atomic E-state index is 15.7. The van der Waals surface area contributed by atoms with Crippen LogP contribution in [0.5, 0.6) is 0 Å². The quantitative estimate of drug-likeness (QED) is 0.112. The van der Waals surface area contributed by atoms with Crippen molar-refractivity contribution in [3.8, 4) is 22.5 Å². The number of nitrogens with one attached hydrogen (secondary N) is 2. The van der Waals surface area contributed by atoms with Gasteiger partial charge in [0.15, 0.2) is 0 Å². The Labute approximate surface area is 486 Å². The minimum Gasteiger partial charge on any atom is -0.464 e. The van der Waals surface area contributed by atoms with Gasteiger partial charge in [-0.2, -0.15) is 0 Å². The molecule has 8 atom stereocenters. The van der Waals surface area contributed by atoms with Crippen molar-refractivity contribution in [2.45, 2.75) is 147 Å². The van der Waals surface area contributed by atoms with E-state index in [1.807, 2.05) is 24.4 Å². The van der Waals surface area contributed by atoms with Crippen LogP contribution in [0.3, 0.4) is 0 Å². The van der Waals surface area contributed by atoms with Crippen molar-refractivity contribution in [3.63, 3.8) is 0 Å². The zero-order valence-electron chi connectivity index (χ0n) is 49.3. The van der Waals surface area contributed by atoms with E-state index in [2.05, 4.69) is 101 Å². The number of hydrogen-bond donors (Lipinski definition) is 2. The van der Waals surface area contributed by atoms with E-state index < -0.39 is 35.4 Å². The van der Waals surface area contributed by atoms with Crippen molar-refractivity contribution in [2.75, 3.05) is 84.3 Å². The highest BCUT2D eigenvalue weighted by Crippen LogP contribution is 2.54. The molecule has 4 aromatic heterocycles. The summed E-state index contributed by atoms with van der Waals surface area (Å²) in [7, 11) is 1.74. The number of benzene rings is 1. The monoisotopic (exact) mass is 1130 g/mol. The summed E-state index contributed by atoms with van der Waals surface area (Å²) in [6.45, 7) is 20.9. The topological polar surface area (TPSA) is 191 Å². The lowest BCUT2D eigenvalue weighted by Gasteiger charge is -2.58. The van der Waals surface area contributed by atoms with E-state index in [1.54, 1.807) is 24.6 Å². The van der Waals surface area contributed by atoms with Gasteiger partial charge in [-0.3, -0.25) is 39.2 Å². The van der Waals surface area contributed by atoms with Gasteiger partial charge in [-0.05, 0) is 107 Å².